The molecular weight excluding hydrogens is 292 g/mol. The number of benzene rings is 1. The predicted octanol–water partition coefficient (Wildman–Crippen LogP) is 2.10. The summed E-state index contributed by atoms with van der Waals surface area (Å²) in [6.45, 7) is 0.385. The van der Waals surface area contributed by atoms with Gasteiger partial charge < -0.3 is 5.73 Å². The molecule has 0 fully saturated rings. The molecule has 0 aliphatic carbocycles. The van der Waals surface area contributed by atoms with E-state index in [0.717, 1.165) is 15.4 Å². The second kappa shape index (κ2) is 4.57. The molecule has 16 heavy (non-hydrogen) atoms. The summed E-state index contributed by atoms with van der Waals surface area (Å²) in [6, 6.07) is 5.56. The van der Waals surface area contributed by atoms with Crippen LogP contribution < -0.4 is 10.6 Å². The van der Waals surface area contributed by atoms with E-state index in [1.807, 2.05) is 12.1 Å². The van der Waals surface area contributed by atoms with E-state index in [0.29, 0.717) is 12.2 Å². The second-order valence-electron chi connectivity index (χ2n) is 3.28. The minimum Gasteiger partial charge on any atom is -0.326 e. The first-order valence-electron chi connectivity index (χ1n) is 4.61. The number of hydrogen-bond donors (Lipinski definition) is 1. The Morgan fingerprint density at radius 3 is 2.94 bits per heavy atom. The Bertz CT molecular complexity index is 464. The van der Waals surface area contributed by atoms with Gasteiger partial charge in [-0.25, -0.2) is 4.90 Å². The second-order valence-corrected chi connectivity index (χ2v) is 4.97. The SMILES string of the molecule is NCc1ccc2c(c1)N(C(=O)Br)C(=O)CS2. The number of nitrogens with two attached hydrogens (primary N) is 1. The van der Waals surface area contributed by atoms with Gasteiger partial charge in [0, 0.05) is 27.4 Å². The molecule has 1 aromatic rings. The molecule has 0 atom stereocenters. The molecule has 0 unspecified atom stereocenters. The zero-order valence-electron chi connectivity index (χ0n) is 8.27. The van der Waals surface area contributed by atoms with Crippen LogP contribution in [0.25, 0.3) is 0 Å². The van der Waals surface area contributed by atoms with Crippen LogP contribution in [0.5, 0.6) is 0 Å². The number of imide groups is 1. The van der Waals surface area contributed by atoms with Gasteiger partial charge in [0.05, 0.1) is 11.4 Å². The highest BCUT2D eigenvalue weighted by atomic mass is 79.9. The van der Waals surface area contributed by atoms with Crippen molar-refractivity contribution in [3.05, 3.63) is 23.8 Å². The normalized spacial score (nSPS) is 14.9. The maximum Gasteiger partial charge on any atom is 0.300 e. The van der Waals surface area contributed by atoms with Gasteiger partial charge in [-0.3, -0.25) is 9.59 Å². The van der Waals surface area contributed by atoms with Gasteiger partial charge >= 0.3 is 4.82 Å². The Hall–Kier alpha value is -0.850. The first-order valence-corrected chi connectivity index (χ1v) is 6.39. The van der Waals surface area contributed by atoms with Crippen molar-refractivity contribution in [1.82, 2.24) is 0 Å². The van der Waals surface area contributed by atoms with Crippen LogP contribution in [0.3, 0.4) is 0 Å². The summed E-state index contributed by atoms with van der Waals surface area (Å²) in [5.74, 6) is 0.0697. The number of anilines is 1. The fraction of sp³-hybridized carbons (Fsp3) is 0.200. The van der Waals surface area contributed by atoms with E-state index in [4.69, 9.17) is 5.73 Å². The van der Waals surface area contributed by atoms with Gasteiger partial charge in [0.1, 0.15) is 0 Å². The number of amides is 2. The molecule has 1 aliphatic rings. The van der Waals surface area contributed by atoms with E-state index in [1.165, 1.54) is 11.8 Å². The summed E-state index contributed by atoms with van der Waals surface area (Å²) in [4.78, 5) is 24.6. The van der Waals surface area contributed by atoms with Crippen LogP contribution in [0.4, 0.5) is 10.5 Å². The number of halogens is 1. The number of carbonyl (C=O) groups is 2. The zero-order chi connectivity index (χ0) is 11.7. The number of hydrogen-bond acceptors (Lipinski definition) is 4. The summed E-state index contributed by atoms with van der Waals surface area (Å²) in [7, 11) is 0. The summed E-state index contributed by atoms with van der Waals surface area (Å²) < 4.78 is 0. The Balaban J connectivity index is 2.52. The summed E-state index contributed by atoms with van der Waals surface area (Å²) in [5, 5.41) is 0. The van der Waals surface area contributed by atoms with Crippen molar-refractivity contribution in [2.45, 2.75) is 11.4 Å². The fourth-order valence-corrected chi connectivity index (χ4v) is 2.78. The van der Waals surface area contributed by atoms with Crippen LogP contribution in [0.2, 0.25) is 0 Å². The largest absolute Gasteiger partial charge is 0.326 e. The van der Waals surface area contributed by atoms with Gasteiger partial charge in [-0.05, 0) is 17.7 Å². The number of fused-ring (bicyclic) bond motifs is 1. The minimum absolute atomic E-state index is 0.214. The van der Waals surface area contributed by atoms with Crippen molar-refractivity contribution in [3.63, 3.8) is 0 Å². The summed E-state index contributed by atoms with van der Waals surface area (Å²) in [6.07, 6.45) is 0. The highest BCUT2D eigenvalue weighted by Crippen LogP contribution is 2.36. The molecule has 0 aromatic heterocycles. The average molecular weight is 301 g/mol. The third-order valence-corrected chi connectivity index (χ3v) is 3.68. The van der Waals surface area contributed by atoms with Gasteiger partial charge in [0.15, 0.2) is 0 Å². The highest BCUT2D eigenvalue weighted by Gasteiger charge is 2.28. The Morgan fingerprint density at radius 1 is 1.56 bits per heavy atom. The van der Waals surface area contributed by atoms with Crippen LogP contribution >= 0.6 is 27.7 Å². The summed E-state index contributed by atoms with van der Waals surface area (Å²) in [5.41, 5.74) is 7.05. The zero-order valence-corrected chi connectivity index (χ0v) is 10.7. The van der Waals surface area contributed by atoms with Crippen molar-refractivity contribution in [3.8, 4) is 0 Å². The molecule has 0 saturated heterocycles. The van der Waals surface area contributed by atoms with Crippen molar-refractivity contribution in [1.29, 1.82) is 0 Å². The van der Waals surface area contributed by atoms with Crippen LogP contribution in [0, 0.1) is 0 Å². The molecule has 1 aliphatic heterocycles. The van der Waals surface area contributed by atoms with Crippen LogP contribution in [0.1, 0.15) is 5.56 Å². The van der Waals surface area contributed by atoms with Crippen LogP contribution in [-0.4, -0.2) is 16.5 Å². The molecule has 2 amide bonds. The van der Waals surface area contributed by atoms with Crippen LogP contribution in [-0.2, 0) is 11.3 Å². The van der Waals surface area contributed by atoms with Gasteiger partial charge in [0.25, 0.3) is 0 Å². The van der Waals surface area contributed by atoms with Crippen molar-refractivity contribution < 1.29 is 9.59 Å². The molecule has 0 radical (unpaired) electrons. The lowest BCUT2D eigenvalue weighted by Crippen LogP contribution is -2.37. The van der Waals surface area contributed by atoms with Gasteiger partial charge in [-0.1, -0.05) is 6.07 Å². The predicted molar refractivity (Wildman–Crippen MR) is 66.9 cm³/mol. The standard InChI is InChI=1S/C10H9BrN2O2S/c11-10(15)13-7-3-6(4-12)1-2-8(7)16-5-9(13)14/h1-3H,4-5,12H2. The molecule has 0 saturated carbocycles. The smallest absolute Gasteiger partial charge is 0.300 e. The lowest BCUT2D eigenvalue weighted by Gasteiger charge is -2.25. The van der Waals surface area contributed by atoms with Gasteiger partial charge in [-0.2, -0.15) is 0 Å². The van der Waals surface area contributed by atoms with Crippen LogP contribution in [0.15, 0.2) is 23.1 Å². The topological polar surface area (TPSA) is 63.4 Å². The third kappa shape index (κ3) is 2.00. The molecular formula is C10H9BrN2O2S. The summed E-state index contributed by atoms with van der Waals surface area (Å²) >= 11 is 4.25. The lowest BCUT2D eigenvalue weighted by molar-refractivity contribution is -0.115. The van der Waals surface area contributed by atoms with Crippen molar-refractivity contribution >= 4 is 44.1 Å². The monoisotopic (exact) mass is 300 g/mol. The maximum absolute atomic E-state index is 11.6. The molecule has 4 nitrogen and oxygen atoms in total. The number of thioether (sulfide) groups is 1. The average Bonchev–Trinajstić information content (AvgIpc) is 2.27. The molecule has 0 spiro atoms. The Labute approximate surface area is 105 Å². The van der Waals surface area contributed by atoms with E-state index >= 15 is 0 Å². The molecule has 1 heterocycles. The molecule has 0 bridgehead atoms. The van der Waals surface area contributed by atoms with Crippen molar-refractivity contribution in [2.24, 2.45) is 5.73 Å². The third-order valence-electron chi connectivity index (χ3n) is 2.28. The fourth-order valence-electron chi connectivity index (χ4n) is 1.52. The van der Waals surface area contributed by atoms with E-state index in [9.17, 15) is 9.59 Å². The van der Waals surface area contributed by atoms with E-state index in [-0.39, 0.29) is 11.7 Å². The van der Waals surface area contributed by atoms with E-state index in [1.54, 1.807) is 6.07 Å². The van der Waals surface area contributed by atoms with Gasteiger partial charge in [-0.15, -0.1) is 11.8 Å². The maximum atomic E-state index is 11.6. The number of carbonyl (C=O) groups excluding carboxylic acids is 2. The van der Waals surface area contributed by atoms with E-state index < -0.39 is 4.82 Å². The number of nitrogens with zero attached hydrogens (tertiary/aromatic N) is 1. The first-order chi connectivity index (χ1) is 7.63. The molecule has 6 heteroatoms. The van der Waals surface area contributed by atoms with E-state index in [2.05, 4.69) is 15.9 Å². The Kier molecular flexibility index (Phi) is 3.32. The lowest BCUT2D eigenvalue weighted by atomic mass is 10.2. The number of rotatable bonds is 1. The quantitative estimate of drug-likeness (QED) is 0.637. The minimum atomic E-state index is -0.437. The molecule has 2 N–H and O–H groups in total. The first kappa shape index (κ1) is 11.6. The van der Waals surface area contributed by atoms with Gasteiger partial charge in [0.2, 0.25) is 5.91 Å². The molecule has 1 aromatic carbocycles. The Morgan fingerprint density at radius 2 is 2.31 bits per heavy atom. The highest BCUT2D eigenvalue weighted by molar-refractivity contribution is 9.18. The van der Waals surface area contributed by atoms with Crippen molar-refractivity contribution in [2.75, 3.05) is 10.7 Å². The molecule has 84 valence electrons. The molecule has 2 rings (SSSR count).